The van der Waals surface area contributed by atoms with Crippen molar-refractivity contribution in [3.05, 3.63) is 11.6 Å². The minimum absolute atomic E-state index is 0.0194. The third-order valence-electron chi connectivity index (χ3n) is 4.52. The minimum Gasteiger partial charge on any atom is -0.333 e. The summed E-state index contributed by atoms with van der Waals surface area (Å²) >= 11 is 0. The summed E-state index contributed by atoms with van der Waals surface area (Å²) < 4.78 is 0. The molecule has 0 bridgehead atoms. The molecule has 2 aliphatic rings. The van der Waals surface area contributed by atoms with E-state index >= 15 is 0 Å². The number of carbonyl (C=O) groups excluding carboxylic acids is 1. The van der Waals surface area contributed by atoms with Crippen LogP contribution < -0.4 is 0 Å². The van der Waals surface area contributed by atoms with Gasteiger partial charge >= 0.3 is 0 Å². The summed E-state index contributed by atoms with van der Waals surface area (Å²) in [4.78, 5) is 18.9. The molecule has 1 saturated heterocycles. The predicted molar refractivity (Wildman–Crippen MR) is 71.8 cm³/mol. The monoisotopic (exact) mass is 262 g/mol. The van der Waals surface area contributed by atoms with E-state index in [1.54, 1.807) is 0 Å². The van der Waals surface area contributed by atoms with Gasteiger partial charge in [0.1, 0.15) is 5.82 Å². The van der Waals surface area contributed by atoms with Crippen LogP contribution in [0.3, 0.4) is 0 Å². The molecule has 19 heavy (non-hydrogen) atoms. The third kappa shape index (κ3) is 2.38. The quantitative estimate of drug-likeness (QED) is 0.888. The van der Waals surface area contributed by atoms with Crippen molar-refractivity contribution < 1.29 is 4.79 Å². The van der Waals surface area contributed by atoms with Gasteiger partial charge in [-0.15, -0.1) is 5.10 Å². The molecular formula is C14H22N4O. The summed E-state index contributed by atoms with van der Waals surface area (Å²) in [6, 6.07) is 0.270. The van der Waals surface area contributed by atoms with Gasteiger partial charge < -0.3 is 4.90 Å². The first-order chi connectivity index (χ1) is 9.06. The van der Waals surface area contributed by atoms with Gasteiger partial charge in [-0.25, -0.2) is 4.98 Å². The van der Waals surface area contributed by atoms with E-state index in [1.165, 1.54) is 6.42 Å². The van der Waals surface area contributed by atoms with Gasteiger partial charge in [0.15, 0.2) is 0 Å². The highest BCUT2D eigenvalue weighted by molar-refractivity contribution is 5.90. The summed E-state index contributed by atoms with van der Waals surface area (Å²) in [6.45, 7) is 7.37. The van der Waals surface area contributed by atoms with E-state index in [0.717, 1.165) is 25.2 Å². The Hall–Kier alpha value is -1.39. The maximum absolute atomic E-state index is 12.5. The summed E-state index contributed by atoms with van der Waals surface area (Å²) in [7, 11) is 0. The number of H-pyrrole nitrogens is 1. The van der Waals surface area contributed by atoms with E-state index in [9.17, 15) is 4.79 Å². The second-order valence-corrected chi connectivity index (χ2v) is 6.33. The number of carbonyl (C=O) groups is 1. The van der Waals surface area contributed by atoms with Crippen LogP contribution in [0.4, 0.5) is 0 Å². The molecule has 1 amide bonds. The van der Waals surface area contributed by atoms with Gasteiger partial charge in [-0.3, -0.25) is 9.89 Å². The number of rotatable bonds is 2. The lowest BCUT2D eigenvalue weighted by Crippen LogP contribution is -2.49. The average molecular weight is 262 g/mol. The Balaban J connectivity index is 1.77. The Morgan fingerprint density at radius 1 is 1.32 bits per heavy atom. The van der Waals surface area contributed by atoms with Crippen LogP contribution in [-0.4, -0.2) is 38.6 Å². The number of likely N-dealkylation sites (tertiary alicyclic amines) is 1. The highest BCUT2D eigenvalue weighted by atomic mass is 16.2. The Morgan fingerprint density at radius 2 is 2.05 bits per heavy atom. The van der Waals surface area contributed by atoms with E-state index in [0.29, 0.717) is 23.6 Å². The van der Waals surface area contributed by atoms with Gasteiger partial charge in [-0.1, -0.05) is 13.8 Å². The maximum Gasteiger partial charge on any atom is 0.293 e. The molecule has 0 radical (unpaired) electrons. The first-order valence-corrected chi connectivity index (χ1v) is 7.29. The van der Waals surface area contributed by atoms with Crippen LogP contribution in [0.25, 0.3) is 0 Å². The summed E-state index contributed by atoms with van der Waals surface area (Å²) in [5.41, 5.74) is 0. The first-order valence-electron chi connectivity index (χ1n) is 7.29. The minimum atomic E-state index is -0.0194. The molecule has 1 saturated carbocycles. The highest BCUT2D eigenvalue weighted by Gasteiger charge is 2.35. The van der Waals surface area contributed by atoms with Crippen LogP contribution in [0.1, 0.15) is 62.4 Å². The van der Waals surface area contributed by atoms with Gasteiger partial charge in [0.05, 0.1) is 0 Å². The second-order valence-electron chi connectivity index (χ2n) is 6.33. The molecule has 1 aromatic heterocycles. The number of nitrogens with zero attached hydrogens (tertiary/aromatic N) is 3. The highest BCUT2D eigenvalue weighted by Crippen LogP contribution is 2.38. The Morgan fingerprint density at radius 3 is 2.74 bits per heavy atom. The molecule has 2 heterocycles. The maximum atomic E-state index is 12.5. The number of piperidine rings is 1. The van der Waals surface area contributed by atoms with Gasteiger partial charge in [0.2, 0.25) is 5.82 Å². The molecule has 3 rings (SSSR count). The van der Waals surface area contributed by atoms with Gasteiger partial charge in [0, 0.05) is 18.5 Å². The third-order valence-corrected chi connectivity index (χ3v) is 4.52. The Bertz CT molecular complexity index is 480. The molecule has 2 fully saturated rings. The number of aromatic amines is 1. The normalized spacial score (nSPS) is 31.5. The van der Waals surface area contributed by atoms with Crippen molar-refractivity contribution in [1.29, 1.82) is 0 Å². The summed E-state index contributed by atoms with van der Waals surface area (Å²) in [6.07, 6.45) is 3.51. The van der Waals surface area contributed by atoms with Crippen molar-refractivity contribution in [2.45, 2.75) is 52.0 Å². The molecule has 3 unspecified atom stereocenters. The SMILES string of the molecule is CC1CC(C)C(C)N(C(=O)c2n[nH]c(C3CC3)n2)C1. The van der Waals surface area contributed by atoms with Crippen LogP contribution in [0.5, 0.6) is 0 Å². The van der Waals surface area contributed by atoms with E-state index in [4.69, 9.17) is 0 Å². The molecule has 0 spiro atoms. The van der Waals surface area contributed by atoms with Crippen molar-refractivity contribution in [3.63, 3.8) is 0 Å². The van der Waals surface area contributed by atoms with Crippen LogP contribution in [0.2, 0.25) is 0 Å². The Kier molecular flexibility index (Phi) is 3.07. The van der Waals surface area contributed by atoms with E-state index in [1.807, 2.05) is 4.90 Å². The average Bonchev–Trinajstić information content (AvgIpc) is 3.11. The molecule has 5 nitrogen and oxygen atoms in total. The zero-order valence-corrected chi connectivity index (χ0v) is 11.9. The van der Waals surface area contributed by atoms with Crippen molar-refractivity contribution in [3.8, 4) is 0 Å². The van der Waals surface area contributed by atoms with Gasteiger partial charge in [-0.05, 0) is 38.0 Å². The number of hydrogen-bond donors (Lipinski definition) is 1. The van der Waals surface area contributed by atoms with Crippen molar-refractivity contribution in [1.82, 2.24) is 20.1 Å². The first kappa shape index (κ1) is 12.6. The van der Waals surface area contributed by atoms with Gasteiger partial charge in [0.25, 0.3) is 5.91 Å². The van der Waals surface area contributed by atoms with Gasteiger partial charge in [-0.2, -0.15) is 0 Å². The van der Waals surface area contributed by atoms with E-state index in [2.05, 4.69) is 36.0 Å². The lowest BCUT2D eigenvalue weighted by Gasteiger charge is -2.40. The molecule has 0 aromatic carbocycles. The topological polar surface area (TPSA) is 61.9 Å². The lowest BCUT2D eigenvalue weighted by molar-refractivity contribution is 0.0444. The summed E-state index contributed by atoms with van der Waals surface area (Å²) in [5, 5.41) is 7.03. The molecule has 1 aliphatic heterocycles. The standard InChI is InChI=1S/C14H22N4O/c1-8-6-9(2)10(3)18(7-8)14(19)13-15-12(16-17-13)11-4-5-11/h8-11H,4-7H2,1-3H3,(H,15,16,17). The van der Waals surface area contributed by atoms with Crippen LogP contribution in [-0.2, 0) is 0 Å². The molecule has 1 aromatic rings. The molecular weight excluding hydrogens is 240 g/mol. The fourth-order valence-corrected chi connectivity index (χ4v) is 3.02. The molecule has 1 aliphatic carbocycles. The molecule has 104 valence electrons. The number of amides is 1. The summed E-state index contributed by atoms with van der Waals surface area (Å²) in [5.74, 6) is 2.80. The molecule has 1 N–H and O–H groups in total. The molecule has 5 heteroatoms. The number of aromatic nitrogens is 3. The zero-order valence-electron chi connectivity index (χ0n) is 11.9. The van der Waals surface area contributed by atoms with E-state index in [-0.39, 0.29) is 11.9 Å². The van der Waals surface area contributed by atoms with E-state index < -0.39 is 0 Å². The zero-order chi connectivity index (χ0) is 13.6. The fraction of sp³-hybridized carbons (Fsp3) is 0.786. The molecule has 3 atom stereocenters. The van der Waals surface area contributed by atoms with Crippen LogP contribution in [0.15, 0.2) is 0 Å². The Labute approximate surface area is 113 Å². The predicted octanol–water partition coefficient (Wildman–Crippen LogP) is 2.19. The van der Waals surface area contributed by atoms with Crippen LogP contribution in [0, 0.1) is 11.8 Å². The largest absolute Gasteiger partial charge is 0.333 e. The fourth-order valence-electron chi connectivity index (χ4n) is 3.02. The smallest absolute Gasteiger partial charge is 0.293 e. The van der Waals surface area contributed by atoms with Crippen molar-refractivity contribution >= 4 is 5.91 Å². The number of nitrogens with one attached hydrogen (secondary N) is 1. The number of hydrogen-bond acceptors (Lipinski definition) is 3. The van der Waals surface area contributed by atoms with Crippen LogP contribution >= 0.6 is 0 Å². The van der Waals surface area contributed by atoms with Crippen molar-refractivity contribution in [2.24, 2.45) is 11.8 Å². The van der Waals surface area contributed by atoms with Crippen molar-refractivity contribution in [2.75, 3.05) is 6.54 Å². The second kappa shape index (κ2) is 4.62. The lowest BCUT2D eigenvalue weighted by atomic mass is 9.86.